The number of aromatic hydroxyl groups is 3. The van der Waals surface area contributed by atoms with Gasteiger partial charge in [-0.3, -0.25) is 19.4 Å². The molecule has 1 aliphatic carbocycles. The molecule has 3 heterocycles. The summed E-state index contributed by atoms with van der Waals surface area (Å²) in [6.07, 6.45) is 5.09. The van der Waals surface area contributed by atoms with Crippen molar-refractivity contribution in [3.63, 3.8) is 0 Å². The summed E-state index contributed by atoms with van der Waals surface area (Å²) in [5.74, 6) is -1.38. The van der Waals surface area contributed by atoms with Gasteiger partial charge in [0.2, 0.25) is 16.9 Å². The van der Waals surface area contributed by atoms with E-state index >= 15 is 0 Å². The molecule has 0 atom stereocenters. The number of hydrogen-bond acceptors (Lipinski definition) is 7. The van der Waals surface area contributed by atoms with Gasteiger partial charge in [-0.05, 0) is 42.7 Å². The molecule has 0 bridgehead atoms. The number of nitrogens with one attached hydrogen (secondary N) is 2. The Kier molecular flexibility index (Phi) is 4.60. The minimum atomic E-state index is -0.587. The normalized spacial score (nSPS) is 14.9. The quantitative estimate of drug-likeness (QED) is 0.244. The van der Waals surface area contributed by atoms with Crippen LogP contribution in [0.3, 0.4) is 0 Å². The van der Waals surface area contributed by atoms with Gasteiger partial charge in [0.15, 0.2) is 22.7 Å². The Morgan fingerprint density at radius 1 is 1.03 bits per heavy atom. The lowest BCUT2D eigenvalue weighted by Gasteiger charge is -2.23. The number of phenols is 3. The smallest absolute Gasteiger partial charge is 0.274 e. The van der Waals surface area contributed by atoms with E-state index in [0.717, 1.165) is 32.1 Å². The molecule has 0 amide bonds. The van der Waals surface area contributed by atoms with Gasteiger partial charge >= 0.3 is 0 Å². The van der Waals surface area contributed by atoms with Crippen molar-refractivity contribution >= 4 is 33.1 Å². The van der Waals surface area contributed by atoms with Gasteiger partial charge in [0.1, 0.15) is 5.65 Å². The van der Waals surface area contributed by atoms with Crippen LogP contribution in [0.4, 0.5) is 0 Å². The average Bonchev–Trinajstić information content (AvgIpc) is 3.40. The number of hydrogen-bond donors (Lipinski definition) is 5. The van der Waals surface area contributed by atoms with Crippen molar-refractivity contribution in [1.82, 2.24) is 14.8 Å². The van der Waals surface area contributed by atoms with Crippen molar-refractivity contribution in [2.45, 2.75) is 38.1 Å². The molecule has 10 nitrogen and oxygen atoms in total. The molecule has 1 saturated carbocycles. The van der Waals surface area contributed by atoms with Crippen LogP contribution in [0.1, 0.15) is 38.1 Å². The van der Waals surface area contributed by atoms with Crippen LogP contribution in [0.25, 0.3) is 44.2 Å². The summed E-state index contributed by atoms with van der Waals surface area (Å²) in [4.78, 5) is 28.7. The highest BCUT2D eigenvalue weighted by Gasteiger charge is 2.27. The van der Waals surface area contributed by atoms with E-state index in [2.05, 4.69) is 10.1 Å². The lowest BCUT2D eigenvalue weighted by molar-refractivity contribution is 0.335. The Morgan fingerprint density at radius 3 is 2.54 bits per heavy atom. The van der Waals surface area contributed by atoms with Crippen LogP contribution in [0, 0.1) is 0 Å². The number of methoxy groups -OCH3 is 1. The van der Waals surface area contributed by atoms with Crippen LogP contribution in [-0.2, 0) is 0 Å². The minimum Gasteiger partial charge on any atom is -0.504 e. The number of aromatic amines is 2. The summed E-state index contributed by atoms with van der Waals surface area (Å²) in [5.41, 5.74) is 0.962. The van der Waals surface area contributed by atoms with E-state index in [-0.39, 0.29) is 33.9 Å². The van der Waals surface area contributed by atoms with Gasteiger partial charge in [0.05, 0.1) is 24.1 Å². The summed E-state index contributed by atoms with van der Waals surface area (Å²) < 4.78 is 13.0. The first-order chi connectivity index (χ1) is 16.9. The average molecular weight is 477 g/mol. The number of ether oxygens (including phenoxy) is 1. The van der Waals surface area contributed by atoms with Crippen molar-refractivity contribution in [1.29, 1.82) is 0 Å². The van der Waals surface area contributed by atoms with Crippen molar-refractivity contribution in [3.8, 4) is 34.1 Å². The highest BCUT2D eigenvalue weighted by Crippen LogP contribution is 2.45. The molecule has 35 heavy (non-hydrogen) atoms. The van der Waals surface area contributed by atoms with E-state index in [1.165, 1.54) is 25.3 Å². The summed E-state index contributed by atoms with van der Waals surface area (Å²) in [5, 5.41) is 34.7. The molecule has 180 valence electrons. The predicted molar refractivity (Wildman–Crippen MR) is 130 cm³/mol. The highest BCUT2D eigenvalue weighted by atomic mass is 16.5. The van der Waals surface area contributed by atoms with Crippen LogP contribution in [0.15, 0.2) is 38.3 Å². The van der Waals surface area contributed by atoms with E-state index in [4.69, 9.17) is 9.15 Å². The first-order valence-corrected chi connectivity index (χ1v) is 11.4. The largest absolute Gasteiger partial charge is 0.504 e. The predicted octanol–water partition coefficient (Wildman–Crippen LogP) is 4.21. The first kappa shape index (κ1) is 21.2. The molecule has 0 radical (unpaired) electrons. The summed E-state index contributed by atoms with van der Waals surface area (Å²) in [6, 6.07) is 5.71. The number of rotatable bonds is 3. The monoisotopic (exact) mass is 477 g/mol. The summed E-state index contributed by atoms with van der Waals surface area (Å²) in [6.45, 7) is 0. The van der Waals surface area contributed by atoms with Crippen molar-refractivity contribution in [2.75, 3.05) is 7.11 Å². The Hall–Kier alpha value is -4.34. The molecular formula is C25H23N3O7. The van der Waals surface area contributed by atoms with Crippen LogP contribution in [0.5, 0.6) is 23.0 Å². The number of benzene rings is 2. The SMILES string of the molecule is COc1cc(-c2c3oc4c(O)c(=O)ccc4c3[nH]c3c2c(=O)[nH]n3C2CCCCC2)cc(O)c1O. The lowest BCUT2D eigenvalue weighted by Crippen LogP contribution is -2.16. The third-order valence-corrected chi connectivity index (χ3v) is 6.95. The molecule has 1 fully saturated rings. The van der Waals surface area contributed by atoms with Gasteiger partial charge in [-0.15, -0.1) is 0 Å². The number of phenolic OH excluding ortho intramolecular Hbond substituents is 3. The van der Waals surface area contributed by atoms with Crippen LogP contribution < -0.4 is 15.7 Å². The standard InChI is InChI=1S/C25H23N3O7/c1-34-16-10-11(9-15(30)20(16)31)17-18-24(28(27-25(18)33)12-5-3-2-4-6-12)26-19-13-7-8-14(29)21(32)22(13)35-23(17)19/h7-10,12,26,30-32H,2-6H2,1H3,(H,27,33). The number of H-pyrrole nitrogens is 2. The maximum atomic E-state index is 13.3. The van der Waals surface area contributed by atoms with Gasteiger partial charge in [0, 0.05) is 10.9 Å². The molecular weight excluding hydrogens is 454 g/mol. The van der Waals surface area contributed by atoms with E-state index in [1.807, 2.05) is 4.68 Å². The zero-order valence-corrected chi connectivity index (χ0v) is 18.8. The summed E-state index contributed by atoms with van der Waals surface area (Å²) in [7, 11) is 1.35. The molecule has 0 saturated heterocycles. The van der Waals surface area contributed by atoms with Gasteiger partial charge in [-0.2, -0.15) is 0 Å². The Bertz CT molecular complexity index is 1750. The van der Waals surface area contributed by atoms with Crippen LogP contribution >= 0.6 is 0 Å². The Balaban J connectivity index is 1.80. The van der Waals surface area contributed by atoms with Gasteiger partial charge in [0.25, 0.3) is 5.56 Å². The summed E-state index contributed by atoms with van der Waals surface area (Å²) >= 11 is 0. The second-order valence-electron chi connectivity index (χ2n) is 8.97. The number of pyridine rings is 1. The third-order valence-electron chi connectivity index (χ3n) is 6.95. The molecule has 2 aromatic carbocycles. The number of aromatic nitrogens is 3. The fourth-order valence-corrected chi connectivity index (χ4v) is 5.25. The zero-order valence-electron chi connectivity index (χ0n) is 18.8. The van der Waals surface area contributed by atoms with Gasteiger partial charge in [-0.25, -0.2) is 0 Å². The molecule has 1 aliphatic rings. The molecule has 5 aromatic rings. The molecule has 0 spiro atoms. The number of furan rings is 1. The van der Waals surface area contributed by atoms with Crippen LogP contribution in [0.2, 0.25) is 0 Å². The zero-order chi connectivity index (χ0) is 24.4. The van der Waals surface area contributed by atoms with Crippen molar-refractivity contribution < 1.29 is 24.5 Å². The Labute approximate surface area is 197 Å². The third kappa shape index (κ3) is 3.02. The first-order valence-electron chi connectivity index (χ1n) is 11.4. The van der Waals surface area contributed by atoms with Crippen molar-refractivity contribution in [3.05, 3.63) is 44.8 Å². The number of fused-ring (bicyclic) bond motifs is 4. The van der Waals surface area contributed by atoms with Crippen molar-refractivity contribution in [2.24, 2.45) is 0 Å². The number of nitrogens with zero attached hydrogens (tertiary/aromatic N) is 1. The second kappa shape index (κ2) is 7.59. The fourth-order valence-electron chi connectivity index (χ4n) is 5.25. The van der Waals surface area contributed by atoms with Gasteiger partial charge < -0.3 is 29.5 Å². The lowest BCUT2D eigenvalue weighted by atomic mass is 9.95. The fraction of sp³-hybridized carbons (Fsp3) is 0.280. The Morgan fingerprint density at radius 2 is 1.80 bits per heavy atom. The molecule has 0 aliphatic heterocycles. The highest BCUT2D eigenvalue weighted by molar-refractivity contribution is 6.15. The van der Waals surface area contributed by atoms with Gasteiger partial charge in [-0.1, -0.05) is 19.3 Å². The molecule has 10 heteroatoms. The maximum Gasteiger partial charge on any atom is 0.274 e. The maximum absolute atomic E-state index is 13.3. The minimum absolute atomic E-state index is 0.00624. The molecule has 0 unspecified atom stereocenters. The van der Waals surface area contributed by atoms with E-state index in [0.29, 0.717) is 27.7 Å². The second-order valence-corrected chi connectivity index (χ2v) is 8.97. The topological polar surface area (TPSA) is 154 Å². The van der Waals surface area contributed by atoms with Crippen LogP contribution in [-0.4, -0.2) is 37.2 Å². The molecule has 6 rings (SSSR count). The van der Waals surface area contributed by atoms with E-state index < -0.39 is 22.7 Å². The molecule has 3 aromatic heterocycles. The molecule has 5 N–H and O–H groups in total. The van der Waals surface area contributed by atoms with E-state index in [9.17, 15) is 24.9 Å². The van der Waals surface area contributed by atoms with E-state index in [1.54, 1.807) is 6.07 Å².